The highest BCUT2D eigenvalue weighted by Crippen LogP contribution is 2.32. The van der Waals surface area contributed by atoms with Gasteiger partial charge in [0.1, 0.15) is 0 Å². The molecule has 2 atom stereocenters. The van der Waals surface area contributed by atoms with Gasteiger partial charge in [-0.2, -0.15) is 0 Å². The number of hydrogen-bond donors (Lipinski definition) is 1. The van der Waals surface area contributed by atoms with Gasteiger partial charge in [0.05, 0.1) is 0 Å². The molecule has 0 amide bonds. The summed E-state index contributed by atoms with van der Waals surface area (Å²) in [4.78, 5) is 0. The number of fused-ring (bicyclic) bond motifs is 1. The Morgan fingerprint density at radius 2 is 1.67 bits per heavy atom. The smallest absolute Gasteiger partial charge is 0.231 e. The molecule has 1 aliphatic heterocycles. The van der Waals surface area contributed by atoms with Gasteiger partial charge in [-0.15, -0.1) is 0 Å². The molecule has 3 heteroatoms. The van der Waals surface area contributed by atoms with Gasteiger partial charge in [0.25, 0.3) is 0 Å². The van der Waals surface area contributed by atoms with Crippen molar-refractivity contribution in [2.24, 2.45) is 5.92 Å². The fraction of sp³-hybridized carbons (Fsp3) is 0.667. The monoisotopic (exact) mass is 291 g/mol. The predicted octanol–water partition coefficient (Wildman–Crippen LogP) is 4.15. The average molecular weight is 291 g/mol. The van der Waals surface area contributed by atoms with E-state index in [1.807, 2.05) is 6.07 Å². The van der Waals surface area contributed by atoms with E-state index in [2.05, 4.69) is 45.1 Å². The summed E-state index contributed by atoms with van der Waals surface area (Å²) in [6, 6.07) is 7.40. The first kappa shape index (κ1) is 16.2. The van der Waals surface area contributed by atoms with Crippen LogP contribution in [0.2, 0.25) is 0 Å². The molecule has 0 bridgehead atoms. The molecule has 2 unspecified atom stereocenters. The molecular formula is C18H29NO2. The second kappa shape index (κ2) is 7.69. The molecule has 1 aromatic carbocycles. The lowest BCUT2D eigenvalue weighted by Crippen LogP contribution is -2.34. The number of aryl methyl sites for hydroxylation is 1. The Morgan fingerprint density at radius 1 is 0.952 bits per heavy atom. The van der Waals surface area contributed by atoms with E-state index in [0.29, 0.717) is 18.9 Å². The van der Waals surface area contributed by atoms with Crippen LogP contribution in [-0.2, 0) is 6.42 Å². The number of ether oxygens (including phenoxy) is 2. The summed E-state index contributed by atoms with van der Waals surface area (Å²) >= 11 is 0. The van der Waals surface area contributed by atoms with E-state index in [1.54, 1.807) is 0 Å². The summed E-state index contributed by atoms with van der Waals surface area (Å²) in [6.07, 6.45) is 4.77. The summed E-state index contributed by atoms with van der Waals surface area (Å²) in [5.74, 6) is 2.55. The Labute approximate surface area is 129 Å². The third-order valence-corrected chi connectivity index (χ3v) is 4.05. The fourth-order valence-electron chi connectivity index (χ4n) is 2.72. The number of hydrogen-bond acceptors (Lipinski definition) is 3. The standard InChI is InChI=1S/C18H29NO2/c1-13(2)5-6-14(3)19-15(4)7-8-16-9-10-17-18(11-16)21-12-20-17/h9-11,13-15,19H,5-8,12H2,1-4H3. The molecular weight excluding hydrogens is 262 g/mol. The highest BCUT2D eigenvalue weighted by molar-refractivity contribution is 5.44. The molecule has 0 aliphatic carbocycles. The van der Waals surface area contributed by atoms with Crippen molar-refractivity contribution >= 4 is 0 Å². The molecule has 0 saturated carbocycles. The van der Waals surface area contributed by atoms with Crippen molar-refractivity contribution in [2.75, 3.05) is 6.79 Å². The Bertz CT molecular complexity index is 445. The maximum Gasteiger partial charge on any atom is 0.231 e. The second-order valence-electron chi connectivity index (χ2n) is 6.67. The van der Waals surface area contributed by atoms with E-state index >= 15 is 0 Å². The lowest BCUT2D eigenvalue weighted by Gasteiger charge is -2.20. The van der Waals surface area contributed by atoms with Gasteiger partial charge < -0.3 is 14.8 Å². The molecule has 1 heterocycles. The number of nitrogens with one attached hydrogen (secondary N) is 1. The quantitative estimate of drug-likeness (QED) is 0.780. The summed E-state index contributed by atoms with van der Waals surface area (Å²) in [5.41, 5.74) is 1.32. The molecule has 1 aromatic rings. The molecule has 0 fully saturated rings. The topological polar surface area (TPSA) is 30.5 Å². The number of rotatable bonds is 8. The highest BCUT2D eigenvalue weighted by atomic mass is 16.7. The van der Waals surface area contributed by atoms with Gasteiger partial charge in [0.15, 0.2) is 11.5 Å². The summed E-state index contributed by atoms with van der Waals surface area (Å²) in [7, 11) is 0. The number of benzene rings is 1. The van der Waals surface area contributed by atoms with Crippen LogP contribution >= 0.6 is 0 Å². The minimum atomic E-state index is 0.351. The first-order valence-corrected chi connectivity index (χ1v) is 8.19. The van der Waals surface area contributed by atoms with Crippen molar-refractivity contribution in [1.82, 2.24) is 5.32 Å². The van der Waals surface area contributed by atoms with Crippen LogP contribution in [0.4, 0.5) is 0 Å². The second-order valence-corrected chi connectivity index (χ2v) is 6.67. The van der Waals surface area contributed by atoms with Gasteiger partial charge in [0.2, 0.25) is 6.79 Å². The van der Waals surface area contributed by atoms with Crippen LogP contribution in [0.3, 0.4) is 0 Å². The van der Waals surface area contributed by atoms with Crippen molar-refractivity contribution in [1.29, 1.82) is 0 Å². The summed E-state index contributed by atoms with van der Waals surface area (Å²) < 4.78 is 10.8. The Hall–Kier alpha value is -1.22. The molecule has 0 aromatic heterocycles. The molecule has 2 rings (SSSR count). The first-order valence-electron chi connectivity index (χ1n) is 8.19. The third-order valence-electron chi connectivity index (χ3n) is 4.05. The minimum absolute atomic E-state index is 0.351. The summed E-state index contributed by atoms with van der Waals surface area (Å²) in [6.45, 7) is 9.49. The van der Waals surface area contributed by atoms with Crippen LogP contribution in [0.15, 0.2) is 18.2 Å². The Balaban J connectivity index is 1.72. The van der Waals surface area contributed by atoms with Crippen LogP contribution in [-0.4, -0.2) is 18.9 Å². The van der Waals surface area contributed by atoms with Crippen LogP contribution in [0.25, 0.3) is 0 Å². The van der Waals surface area contributed by atoms with E-state index in [9.17, 15) is 0 Å². The SMILES string of the molecule is CC(C)CCC(C)NC(C)CCc1ccc2c(c1)OCO2. The minimum Gasteiger partial charge on any atom is -0.454 e. The van der Waals surface area contributed by atoms with Gasteiger partial charge in [-0.25, -0.2) is 0 Å². The van der Waals surface area contributed by atoms with Gasteiger partial charge >= 0.3 is 0 Å². The lowest BCUT2D eigenvalue weighted by molar-refractivity contribution is 0.174. The molecule has 118 valence electrons. The largest absolute Gasteiger partial charge is 0.454 e. The van der Waals surface area contributed by atoms with Crippen molar-refractivity contribution in [2.45, 2.75) is 65.5 Å². The Kier molecular flexibility index (Phi) is 5.92. The van der Waals surface area contributed by atoms with Crippen molar-refractivity contribution in [3.8, 4) is 11.5 Å². The molecule has 0 saturated heterocycles. The van der Waals surface area contributed by atoms with Crippen LogP contribution in [0.1, 0.15) is 52.5 Å². The van der Waals surface area contributed by atoms with Crippen LogP contribution in [0, 0.1) is 5.92 Å². The predicted molar refractivity (Wildman–Crippen MR) is 87.0 cm³/mol. The lowest BCUT2D eigenvalue weighted by atomic mass is 10.0. The Morgan fingerprint density at radius 3 is 2.43 bits per heavy atom. The van der Waals surface area contributed by atoms with Crippen LogP contribution < -0.4 is 14.8 Å². The van der Waals surface area contributed by atoms with Gasteiger partial charge in [-0.05, 0) is 63.1 Å². The van der Waals surface area contributed by atoms with E-state index < -0.39 is 0 Å². The normalized spacial score (nSPS) is 16.2. The van der Waals surface area contributed by atoms with Gasteiger partial charge in [-0.3, -0.25) is 0 Å². The molecule has 3 nitrogen and oxygen atoms in total. The van der Waals surface area contributed by atoms with E-state index in [1.165, 1.54) is 18.4 Å². The zero-order valence-electron chi connectivity index (χ0n) is 13.8. The summed E-state index contributed by atoms with van der Waals surface area (Å²) in [5, 5.41) is 3.70. The molecule has 21 heavy (non-hydrogen) atoms. The van der Waals surface area contributed by atoms with E-state index in [0.717, 1.165) is 30.3 Å². The average Bonchev–Trinajstić information content (AvgIpc) is 2.90. The first-order chi connectivity index (χ1) is 10.0. The molecule has 0 spiro atoms. The van der Waals surface area contributed by atoms with Gasteiger partial charge in [-0.1, -0.05) is 19.9 Å². The van der Waals surface area contributed by atoms with Crippen molar-refractivity contribution in [3.63, 3.8) is 0 Å². The third kappa shape index (κ3) is 5.24. The van der Waals surface area contributed by atoms with Crippen molar-refractivity contribution < 1.29 is 9.47 Å². The zero-order chi connectivity index (χ0) is 15.2. The van der Waals surface area contributed by atoms with Crippen LogP contribution in [0.5, 0.6) is 11.5 Å². The molecule has 1 aliphatic rings. The molecule has 1 N–H and O–H groups in total. The van der Waals surface area contributed by atoms with E-state index in [-0.39, 0.29) is 0 Å². The molecule has 0 radical (unpaired) electrons. The maximum absolute atomic E-state index is 5.43. The van der Waals surface area contributed by atoms with E-state index in [4.69, 9.17) is 9.47 Å². The zero-order valence-corrected chi connectivity index (χ0v) is 13.8. The van der Waals surface area contributed by atoms with Gasteiger partial charge in [0, 0.05) is 12.1 Å². The fourth-order valence-corrected chi connectivity index (χ4v) is 2.72. The van der Waals surface area contributed by atoms with Crippen molar-refractivity contribution in [3.05, 3.63) is 23.8 Å². The maximum atomic E-state index is 5.43. The highest BCUT2D eigenvalue weighted by Gasteiger charge is 2.14.